The van der Waals surface area contributed by atoms with E-state index >= 15 is 0 Å². The molecule has 0 unspecified atom stereocenters. The summed E-state index contributed by atoms with van der Waals surface area (Å²) in [6, 6.07) is 0.0683. The standard InChI is InChI=1S/C10H12ClN3O2/c1-7-6-16-3-2-14(7)10(15)8-4-13-9(11)5-12-8/h4-5,7H,2-3,6H2,1H3/t7-/m1/s1. The lowest BCUT2D eigenvalue weighted by Gasteiger charge is -2.32. The fourth-order valence-electron chi connectivity index (χ4n) is 1.60. The number of carbonyl (C=O) groups is 1. The Morgan fingerprint density at radius 1 is 1.56 bits per heavy atom. The Morgan fingerprint density at radius 2 is 2.38 bits per heavy atom. The molecule has 0 radical (unpaired) electrons. The molecule has 1 aliphatic rings. The van der Waals surface area contributed by atoms with Crippen LogP contribution >= 0.6 is 11.6 Å². The molecule has 1 aromatic heterocycles. The topological polar surface area (TPSA) is 55.3 Å². The van der Waals surface area contributed by atoms with Crippen LogP contribution in [0.2, 0.25) is 5.15 Å². The van der Waals surface area contributed by atoms with Gasteiger partial charge in [0.25, 0.3) is 5.91 Å². The third kappa shape index (κ3) is 2.31. The van der Waals surface area contributed by atoms with Crippen LogP contribution in [0.5, 0.6) is 0 Å². The van der Waals surface area contributed by atoms with Crippen LogP contribution in [-0.4, -0.2) is 46.6 Å². The zero-order valence-corrected chi connectivity index (χ0v) is 9.65. The molecule has 1 saturated heterocycles. The third-order valence-corrected chi connectivity index (χ3v) is 2.66. The molecule has 1 aliphatic heterocycles. The molecule has 2 heterocycles. The summed E-state index contributed by atoms with van der Waals surface area (Å²) in [6.45, 7) is 3.66. The molecule has 86 valence electrons. The van der Waals surface area contributed by atoms with E-state index in [1.54, 1.807) is 4.90 Å². The van der Waals surface area contributed by atoms with E-state index in [1.165, 1.54) is 12.4 Å². The van der Waals surface area contributed by atoms with Crippen molar-refractivity contribution in [2.45, 2.75) is 13.0 Å². The average molecular weight is 242 g/mol. The quantitative estimate of drug-likeness (QED) is 0.736. The van der Waals surface area contributed by atoms with Gasteiger partial charge in [-0.05, 0) is 6.92 Å². The fraction of sp³-hybridized carbons (Fsp3) is 0.500. The molecule has 0 aromatic carbocycles. The van der Waals surface area contributed by atoms with Gasteiger partial charge < -0.3 is 9.64 Å². The summed E-state index contributed by atoms with van der Waals surface area (Å²) in [5.41, 5.74) is 0.318. The van der Waals surface area contributed by atoms with E-state index in [9.17, 15) is 4.79 Å². The third-order valence-electron chi connectivity index (χ3n) is 2.47. The lowest BCUT2D eigenvalue weighted by Crippen LogP contribution is -2.47. The lowest BCUT2D eigenvalue weighted by atomic mass is 10.2. The summed E-state index contributed by atoms with van der Waals surface area (Å²) in [6.07, 6.45) is 2.77. The number of aromatic nitrogens is 2. The predicted octanol–water partition coefficient (Wildman–Crippen LogP) is 0.991. The molecule has 0 aliphatic carbocycles. The predicted molar refractivity (Wildman–Crippen MR) is 58.4 cm³/mol. The minimum Gasteiger partial charge on any atom is -0.377 e. The Morgan fingerprint density at radius 3 is 3.00 bits per heavy atom. The maximum absolute atomic E-state index is 12.0. The molecule has 1 amide bonds. The van der Waals surface area contributed by atoms with Gasteiger partial charge in [0.15, 0.2) is 0 Å². The number of halogens is 1. The van der Waals surface area contributed by atoms with E-state index in [0.717, 1.165) is 0 Å². The SMILES string of the molecule is C[C@@H]1COCCN1C(=O)c1cnc(Cl)cn1. The number of nitrogens with zero attached hydrogens (tertiary/aromatic N) is 3. The Kier molecular flexibility index (Phi) is 3.36. The Labute approximate surface area is 98.4 Å². The maximum atomic E-state index is 12.0. The van der Waals surface area contributed by atoms with Crippen molar-refractivity contribution in [3.05, 3.63) is 23.2 Å². The number of morpholine rings is 1. The molecular formula is C10H12ClN3O2. The number of ether oxygens (including phenoxy) is 1. The molecule has 1 fully saturated rings. The molecule has 0 spiro atoms. The highest BCUT2D eigenvalue weighted by Crippen LogP contribution is 2.11. The Balaban J connectivity index is 2.14. The van der Waals surface area contributed by atoms with Crippen LogP contribution in [0.15, 0.2) is 12.4 Å². The monoisotopic (exact) mass is 241 g/mol. The van der Waals surface area contributed by atoms with Gasteiger partial charge in [0, 0.05) is 6.54 Å². The minimum absolute atomic E-state index is 0.0683. The normalized spacial score (nSPS) is 20.9. The van der Waals surface area contributed by atoms with Gasteiger partial charge in [0.2, 0.25) is 0 Å². The smallest absolute Gasteiger partial charge is 0.274 e. The van der Waals surface area contributed by atoms with E-state index in [-0.39, 0.29) is 17.1 Å². The Hall–Kier alpha value is -1.20. The molecule has 0 saturated carbocycles. The highest BCUT2D eigenvalue weighted by Gasteiger charge is 2.25. The molecule has 0 bridgehead atoms. The van der Waals surface area contributed by atoms with Gasteiger partial charge in [-0.2, -0.15) is 0 Å². The molecule has 6 heteroatoms. The van der Waals surface area contributed by atoms with Crippen molar-refractivity contribution in [1.29, 1.82) is 0 Å². The highest BCUT2D eigenvalue weighted by atomic mass is 35.5. The molecule has 1 atom stereocenters. The first-order chi connectivity index (χ1) is 7.68. The van der Waals surface area contributed by atoms with Crippen molar-refractivity contribution in [2.24, 2.45) is 0 Å². The van der Waals surface area contributed by atoms with E-state index in [1.807, 2.05) is 6.92 Å². The zero-order chi connectivity index (χ0) is 11.5. The summed E-state index contributed by atoms with van der Waals surface area (Å²) in [5, 5.41) is 0.284. The number of amides is 1. The second kappa shape index (κ2) is 4.76. The van der Waals surface area contributed by atoms with Gasteiger partial charge >= 0.3 is 0 Å². The second-order valence-electron chi connectivity index (χ2n) is 3.65. The van der Waals surface area contributed by atoms with E-state index in [4.69, 9.17) is 16.3 Å². The summed E-state index contributed by atoms with van der Waals surface area (Å²) in [5.74, 6) is -0.125. The molecular weight excluding hydrogens is 230 g/mol. The maximum Gasteiger partial charge on any atom is 0.274 e. The number of hydrogen-bond acceptors (Lipinski definition) is 4. The van der Waals surface area contributed by atoms with Gasteiger partial charge in [-0.15, -0.1) is 0 Å². The van der Waals surface area contributed by atoms with Crippen LogP contribution in [0.3, 0.4) is 0 Å². The van der Waals surface area contributed by atoms with Crippen LogP contribution in [0, 0.1) is 0 Å². The van der Waals surface area contributed by atoms with Crippen LogP contribution in [0.1, 0.15) is 17.4 Å². The highest BCUT2D eigenvalue weighted by molar-refractivity contribution is 6.29. The lowest BCUT2D eigenvalue weighted by molar-refractivity contribution is 0.00324. The fourth-order valence-corrected chi connectivity index (χ4v) is 1.70. The van der Waals surface area contributed by atoms with E-state index < -0.39 is 0 Å². The van der Waals surface area contributed by atoms with Crippen LogP contribution in [0.4, 0.5) is 0 Å². The summed E-state index contributed by atoms with van der Waals surface area (Å²) in [7, 11) is 0. The summed E-state index contributed by atoms with van der Waals surface area (Å²) < 4.78 is 5.27. The van der Waals surface area contributed by atoms with Crippen molar-refractivity contribution in [2.75, 3.05) is 19.8 Å². The summed E-state index contributed by atoms with van der Waals surface area (Å²) in [4.78, 5) is 21.6. The first kappa shape index (κ1) is 11.3. The van der Waals surface area contributed by atoms with Crippen LogP contribution in [0.25, 0.3) is 0 Å². The zero-order valence-electron chi connectivity index (χ0n) is 8.89. The molecule has 16 heavy (non-hydrogen) atoms. The van der Waals surface area contributed by atoms with Gasteiger partial charge in [-0.1, -0.05) is 11.6 Å². The first-order valence-corrected chi connectivity index (χ1v) is 5.42. The van der Waals surface area contributed by atoms with Crippen LogP contribution in [-0.2, 0) is 4.74 Å². The number of hydrogen-bond donors (Lipinski definition) is 0. The van der Waals surface area contributed by atoms with Gasteiger partial charge in [0.05, 0.1) is 31.6 Å². The van der Waals surface area contributed by atoms with E-state index in [2.05, 4.69) is 9.97 Å². The Bertz CT molecular complexity index is 382. The van der Waals surface area contributed by atoms with Crippen molar-refractivity contribution in [3.8, 4) is 0 Å². The molecule has 5 nitrogen and oxygen atoms in total. The van der Waals surface area contributed by atoms with E-state index in [0.29, 0.717) is 25.5 Å². The summed E-state index contributed by atoms with van der Waals surface area (Å²) >= 11 is 5.61. The van der Waals surface area contributed by atoms with Gasteiger partial charge in [-0.3, -0.25) is 4.79 Å². The minimum atomic E-state index is -0.125. The van der Waals surface area contributed by atoms with Crippen molar-refractivity contribution < 1.29 is 9.53 Å². The molecule has 2 rings (SSSR count). The molecule has 0 N–H and O–H groups in total. The number of rotatable bonds is 1. The molecule has 1 aromatic rings. The van der Waals surface area contributed by atoms with Crippen molar-refractivity contribution >= 4 is 17.5 Å². The largest absolute Gasteiger partial charge is 0.377 e. The second-order valence-corrected chi connectivity index (χ2v) is 4.03. The van der Waals surface area contributed by atoms with Crippen molar-refractivity contribution in [1.82, 2.24) is 14.9 Å². The first-order valence-electron chi connectivity index (χ1n) is 5.05. The van der Waals surface area contributed by atoms with Crippen LogP contribution < -0.4 is 0 Å². The number of carbonyl (C=O) groups excluding carboxylic acids is 1. The van der Waals surface area contributed by atoms with Gasteiger partial charge in [0.1, 0.15) is 10.8 Å². The van der Waals surface area contributed by atoms with Crippen molar-refractivity contribution in [3.63, 3.8) is 0 Å². The van der Waals surface area contributed by atoms with Gasteiger partial charge in [-0.25, -0.2) is 9.97 Å². The average Bonchev–Trinajstić information content (AvgIpc) is 2.30.